The highest BCUT2D eigenvalue weighted by Gasteiger charge is 2.12. The molecule has 0 unspecified atom stereocenters. The van der Waals surface area contributed by atoms with Gasteiger partial charge in [-0.1, -0.05) is 48.0 Å². The summed E-state index contributed by atoms with van der Waals surface area (Å²) >= 11 is 6.09. The fourth-order valence-corrected chi connectivity index (χ4v) is 2.37. The van der Waals surface area contributed by atoms with Crippen LogP contribution in [0.4, 0.5) is 0 Å². The molecule has 21 heavy (non-hydrogen) atoms. The number of carbonyl (C=O) groups is 1. The Hall–Kier alpha value is -2.52. The Balaban J connectivity index is 2.14. The Labute approximate surface area is 126 Å². The fraction of sp³-hybridized carbons (Fsp3) is 0. The predicted molar refractivity (Wildman–Crippen MR) is 82.4 cm³/mol. The number of rotatable bonds is 3. The van der Waals surface area contributed by atoms with Gasteiger partial charge in [0, 0.05) is 5.39 Å². The van der Waals surface area contributed by atoms with E-state index in [-0.39, 0.29) is 5.56 Å². The molecular formula is C17H11ClO3. The number of ether oxygens (including phenoxy) is 1. The van der Waals surface area contributed by atoms with Crippen LogP contribution in [-0.2, 0) is 0 Å². The molecule has 0 atom stereocenters. The zero-order chi connectivity index (χ0) is 14.8. The summed E-state index contributed by atoms with van der Waals surface area (Å²) in [4.78, 5) is 11.3. The average molecular weight is 299 g/mol. The molecule has 3 rings (SSSR count). The predicted octanol–water partition coefficient (Wildman–Crippen LogP) is 4.98. The lowest BCUT2D eigenvalue weighted by atomic mass is 10.0. The topological polar surface area (TPSA) is 46.5 Å². The Bertz CT molecular complexity index is 827. The summed E-state index contributed by atoms with van der Waals surface area (Å²) in [6.45, 7) is 0. The molecule has 1 N–H and O–H groups in total. The summed E-state index contributed by atoms with van der Waals surface area (Å²) in [6, 6.07) is 17.6. The van der Waals surface area contributed by atoms with E-state index in [2.05, 4.69) is 0 Å². The van der Waals surface area contributed by atoms with Crippen molar-refractivity contribution >= 4 is 28.3 Å². The third kappa shape index (κ3) is 2.56. The van der Waals surface area contributed by atoms with E-state index in [1.807, 2.05) is 24.3 Å². The Morgan fingerprint density at radius 3 is 2.24 bits per heavy atom. The van der Waals surface area contributed by atoms with E-state index in [0.717, 1.165) is 5.39 Å². The van der Waals surface area contributed by atoms with Crippen LogP contribution in [0.25, 0.3) is 10.8 Å². The molecule has 4 heteroatoms. The van der Waals surface area contributed by atoms with E-state index >= 15 is 0 Å². The lowest BCUT2D eigenvalue weighted by molar-refractivity contribution is 0.0699. The third-order valence-corrected chi connectivity index (χ3v) is 3.48. The van der Waals surface area contributed by atoms with Crippen molar-refractivity contribution in [1.82, 2.24) is 0 Å². The summed E-state index contributed by atoms with van der Waals surface area (Å²) < 4.78 is 5.83. The number of halogens is 1. The second kappa shape index (κ2) is 5.46. The van der Waals surface area contributed by atoms with Crippen LogP contribution in [0.2, 0.25) is 5.02 Å². The third-order valence-electron chi connectivity index (χ3n) is 3.17. The first kappa shape index (κ1) is 13.5. The first-order chi connectivity index (χ1) is 10.2. The maximum atomic E-state index is 11.3. The summed E-state index contributed by atoms with van der Waals surface area (Å²) in [5, 5.41) is 11.1. The SMILES string of the molecule is O=C(O)c1ccc(Oc2ccccc2Cl)c2ccccc12. The average Bonchev–Trinajstić information content (AvgIpc) is 2.49. The quantitative estimate of drug-likeness (QED) is 0.741. The van der Waals surface area contributed by atoms with Crippen LogP contribution >= 0.6 is 11.6 Å². The normalized spacial score (nSPS) is 10.5. The van der Waals surface area contributed by atoms with Gasteiger partial charge in [-0.25, -0.2) is 4.79 Å². The van der Waals surface area contributed by atoms with Crippen molar-refractivity contribution in [2.24, 2.45) is 0 Å². The monoisotopic (exact) mass is 298 g/mol. The molecule has 0 fully saturated rings. The van der Waals surface area contributed by atoms with Gasteiger partial charge in [-0.05, 0) is 29.7 Å². The highest BCUT2D eigenvalue weighted by Crippen LogP contribution is 2.34. The van der Waals surface area contributed by atoms with Gasteiger partial charge >= 0.3 is 5.97 Å². The van der Waals surface area contributed by atoms with Crippen molar-refractivity contribution in [2.75, 3.05) is 0 Å². The first-order valence-electron chi connectivity index (χ1n) is 6.34. The maximum absolute atomic E-state index is 11.3. The number of fused-ring (bicyclic) bond motifs is 1. The van der Waals surface area contributed by atoms with Gasteiger partial charge in [0.05, 0.1) is 10.6 Å². The van der Waals surface area contributed by atoms with Gasteiger partial charge in [0.15, 0.2) is 0 Å². The summed E-state index contributed by atoms with van der Waals surface area (Å²) in [7, 11) is 0. The molecule has 0 heterocycles. The minimum absolute atomic E-state index is 0.247. The van der Waals surface area contributed by atoms with Gasteiger partial charge in [0.25, 0.3) is 0 Å². The molecule has 0 aliphatic rings. The molecule has 0 amide bonds. The maximum Gasteiger partial charge on any atom is 0.336 e. The molecule has 0 saturated heterocycles. The minimum atomic E-state index is -0.963. The van der Waals surface area contributed by atoms with Gasteiger partial charge in [-0.3, -0.25) is 0 Å². The molecule has 0 spiro atoms. The number of hydrogen-bond acceptors (Lipinski definition) is 2. The molecule has 0 radical (unpaired) electrons. The smallest absolute Gasteiger partial charge is 0.336 e. The molecule has 0 aliphatic carbocycles. The van der Waals surface area contributed by atoms with Crippen molar-refractivity contribution in [2.45, 2.75) is 0 Å². The highest BCUT2D eigenvalue weighted by atomic mass is 35.5. The number of carboxylic acids is 1. The molecule has 0 saturated carbocycles. The zero-order valence-electron chi connectivity index (χ0n) is 10.9. The standard InChI is InChI=1S/C17H11ClO3/c18-14-7-3-4-8-16(14)21-15-10-9-13(17(19)20)11-5-1-2-6-12(11)15/h1-10H,(H,19,20). The van der Waals surface area contributed by atoms with Gasteiger partial charge in [0.2, 0.25) is 0 Å². The lowest BCUT2D eigenvalue weighted by Gasteiger charge is -2.11. The van der Waals surface area contributed by atoms with E-state index in [9.17, 15) is 9.90 Å². The molecule has 0 aromatic heterocycles. The van der Waals surface area contributed by atoms with E-state index < -0.39 is 5.97 Å². The highest BCUT2D eigenvalue weighted by molar-refractivity contribution is 6.32. The second-order valence-corrected chi connectivity index (χ2v) is 4.90. The van der Waals surface area contributed by atoms with Gasteiger partial charge in [-0.15, -0.1) is 0 Å². The largest absolute Gasteiger partial charge is 0.478 e. The van der Waals surface area contributed by atoms with Gasteiger partial charge in [0.1, 0.15) is 11.5 Å². The molecule has 3 aromatic carbocycles. The Morgan fingerprint density at radius 2 is 1.52 bits per heavy atom. The Kier molecular flexibility index (Phi) is 3.50. The lowest BCUT2D eigenvalue weighted by Crippen LogP contribution is -1.98. The van der Waals surface area contributed by atoms with Crippen molar-refractivity contribution in [3.05, 3.63) is 71.2 Å². The first-order valence-corrected chi connectivity index (χ1v) is 6.72. The van der Waals surface area contributed by atoms with Crippen molar-refractivity contribution < 1.29 is 14.6 Å². The van der Waals surface area contributed by atoms with Crippen LogP contribution in [-0.4, -0.2) is 11.1 Å². The van der Waals surface area contributed by atoms with E-state index in [1.54, 1.807) is 30.3 Å². The van der Waals surface area contributed by atoms with Crippen LogP contribution in [0.5, 0.6) is 11.5 Å². The number of para-hydroxylation sites is 1. The van der Waals surface area contributed by atoms with Crippen LogP contribution in [0.3, 0.4) is 0 Å². The van der Waals surface area contributed by atoms with Crippen molar-refractivity contribution in [3.63, 3.8) is 0 Å². The molecule has 104 valence electrons. The molecule has 0 aliphatic heterocycles. The number of benzene rings is 3. The summed E-state index contributed by atoms with van der Waals surface area (Å²) in [5.74, 6) is 0.145. The van der Waals surface area contributed by atoms with Crippen molar-refractivity contribution in [1.29, 1.82) is 0 Å². The molecule has 0 bridgehead atoms. The van der Waals surface area contributed by atoms with Crippen LogP contribution < -0.4 is 4.74 Å². The van der Waals surface area contributed by atoms with E-state index in [4.69, 9.17) is 16.3 Å². The fourth-order valence-electron chi connectivity index (χ4n) is 2.19. The number of hydrogen-bond donors (Lipinski definition) is 1. The second-order valence-electron chi connectivity index (χ2n) is 4.49. The van der Waals surface area contributed by atoms with Gasteiger partial charge in [-0.2, -0.15) is 0 Å². The Morgan fingerprint density at radius 1 is 0.857 bits per heavy atom. The molecular weight excluding hydrogens is 288 g/mol. The van der Waals surface area contributed by atoms with Crippen molar-refractivity contribution in [3.8, 4) is 11.5 Å². The number of carboxylic acid groups (broad SMARTS) is 1. The molecule has 3 aromatic rings. The summed E-state index contributed by atoms with van der Waals surface area (Å²) in [6.07, 6.45) is 0. The number of aromatic carboxylic acids is 1. The zero-order valence-corrected chi connectivity index (χ0v) is 11.7. The van der Waals surface area contributed by atoms with Gasteiger partial charge < -0.3 is 9.84 Å². The summed E-state index contributed by atoms with van der Waals surface area (Å²) in [5.41, 5.74) is 0.247. The van der Waals surface area contributed by atoms with Crippen LogP contribution in [0.15, 0.2) is 60.7 Å². The minimum Gasteiger partial charge on any atom is -0.478 e. The van der Waals surface area contributed by atoms with E-state index in [1.165, 1.54) is 6.07 Å². The molecule has 3 nitrogen and oxygen atoms in total. The van der Waals surface area contributed by atoms with Crippen LogP contribution in [0, 0.1) is 0 Å². The van der Waals surface area contributed by atoms with E-state index in [0.29, 0.717) is 21.9 Å². The van der Waals surface area contributed by atoms with Crippen LogP contribution in [0.1, 0.15) is 10.4 Å².